The minimum Gasteiger partial charge on any atom is -0.497 e. The van der Waals surface area contributed by atoms with Crippen LogP contribution >= 0.6 is 11.6 Å². The molecule has 1 atom stereocenters. The van der Waals surface area contributed by atoms with Crippen molar-refractivity contribution < 1.29 is 22.7 Å². The Bertz CT molecular complexity index is 1700. The van der Waals surface area contributed by atoms with Crippen molar-refractivity contribution in [3.63, 3.8) is 0 Å². The van der Waals surface area contributed by atoms with Crippen molar-refractivity contribution in [1.29, 1.82) is 0 Å². The van der Waals surface area contributed by atoms with Crippen LogP contribution in [-0.2, 0) is 32.6 Å². The van der Waals surface area contributed by atoms with Gasteiger partial charge in [0, 0.05) is 24.0 Å². The molecule has 4 aromatic carbocycles. The molecule has 0 radical (unpaired) electrons. The molecule has 0 saturated heterocycles. The minimum atomic E-state index is -4.20. The molecule has 1 unspecified atom stereocenters. The average Bonchev–Trinajstić information content (AvgIpc) is 3.02. The fraction of sp³-hybridized carbons (Fsp3) is 0.257. The lowest BCUT2D eigenvalue weighted by Crippen LogP contribution is -2.54. The number of anilines is 1. The number of amides is 2. The SMILES string of the molecule is COc1ccc(N(CC(=O)N(Cc2cccc(Cl)c2)C(Cc2ccccc2)C(=O)NC(C)C)S(=O)(=O)c2ccc(C)cc2)cc1. The van der Waals surface area contributed by atoms with Crippen LogP contribution in [0, 0.1) is 6.92 Å². The zero-order valence-electron chi connectivity index (χ0n) is 25.8. The predicted octanol–water partition coefficient (Wildman–Crippen LogP) is 6.02. The van der Waals surface area contributed by atoms with E-state index >= 15 is 0 Å². The van der Waals surface area contributed by atoms with Gasteiger partial charge in [-0.3, -0.25) is 13.9 Å². The van der Waals surface area contributed by atoms with E-state index in [0.29, 0.717) is 16.3 Å². The maximum atomic E-state index is 14.5. The first-order valence-electron chi connectivity index (χ1n) is 14.6. The third-order valence-corrected chi connectivity index (χ3v) is 9.22. The molecule has 2 amide bonds. The molecule has 45 heavy (non-hydrogen) atoms. The van der Waals surface area contributed by atoms with Crippen LogP contribution in [0.15, 0.2) is 108 Å². The van der Waals surface area contributed by atoms with Gasteiger partial charge < -0.3 is 15.0 Å². The third kappa shape index (κ3) is 8.86. The van der Waals surface area contributed by atoms with Crippen molar-refractivity contribution in [2.75, 3.05) is 18.0 Å². The molecule has 4 rings (SSSR count). The van der Waals surface area contributed by atoms with E-state index in [-0.39, 0.29) is 35.5 Å². The van der Waals surface area contributed by atoms with Crippen molar-refractivity contribution in [1.82, 2.24) is 10.2 Å². The lowest BCUT2D eigenvalue weighted by molar-refractivity contribution is -0.140. The molecule has 0 aliphatic rings. The van der Waals surface area contributed by atoms with E-state index in [2.05, 4.69) is 5.32 Å². The summed E-state index contributed by atoms with van der Waals surface area (Å²) in [5, 5.41) is 3.43. The quantitative estimate of drug-likeness (QED) is 0.192. The van der Waals surface area contributed by atoms with Crippen LogP contribution in [0.1, 0.15) is 30.5 Å². The van der Waals surface area contributed by atoms with E-state index in [9.17, 15) is 18.0 Å². The van der Waals surface area contributed by atoms with Gasteiger partial charge in [-0.1, -0.05) is 71.8 Å². The van der Waals surface area contributed by atoms with Crippen molar-refractivity contribution >= 4 is 39.1 Å². The van der Waals surface area contributed by atoms with Gasteiger partial charge in [-0.15, -0.1) is 0 Å². The van der Waals surface area contributed by atoms with Gasteiger partial charge in [-0.25, -0.2) is 8.42 Å². The Balaban J connectivity index is 1.81. The Morgan fingerprint density at radius 1 is 0.867 bits per heavy atom. The summed E-state index contributed by atoms with van der Waals surface area (Å²) >= 11 is 6.30. The second-order valence-electron chi connectivity index (χ2n) is 11.0. The first-order valence-corrected chi connectivity index (χ1v) is 16.4. The molecule has 4 aromatic rings. The monoisotopic (exact) mass is 647 g/mol. The van der Waals surface area contributed by atoms with Gasteiger partial charge in [-0.05, 0) is 80.4 Å². The lowest BCUT2D eigenvalue weighted by atomic mass is 10.0. The molecule has 0 fully saturated rings. The maximum absolute atomic E-state index is 14.5. The number of rotatable bonds is 13. The number of hydrogen-bond acceptors (Lipinski definition) is 5. The number of carbonyl (C=O) groups is 2. The number of benzene rings is 4. The first kappa shape index (κ1) is 33.6. The number of sulfonamides is 1. The van der Waals surface area contributed by atoms with Gasteiger partial charge in [0.05, 0.1) is 17.7 Å². The van der Waals surface area contributed by atoms with Crippen molar-refractivity contribution in [2.24, 2.45) is 0 Å². The molecule has 0 heterocycles. The van der Waals surface area contributed by atoms with Gasteiger partial charge in [0.15, 0.2) is 0 Å². The number of carbonyl (C=O) groups excluding carboxylic acids is 2. The van der Waals surface area contributed by atoms with E-state index in [1.807, 2.05) is 57.2 Å². The summed E-state index contributed by atoms with van der Waals surface area (Å²) in [6.07, 6.45) is 0.221. The molecule has 1 N–H and O–H groups in total. The number of nitrogens with zero attached hydrogens (tertiary/aromatic N) is 2. The van der Waals surface area contributed by atoms with Crippen LogP contribution in [-0.4, -0.2) is 50.9 Å². The largest absolute Gasteiger partial charge is 0.497 e. The fourth-order valence-corrected chi connectivity index (χ4v) is 6.51. The molecule has 0 spiro atoms. The number of aryl methyl sites for hydroxylation is 1. The van der Waals surface area contributed by atoms with Crippen LogP contribution < -0.4 is 14.4 Å². The predicted molar refractivity (Wildman–Crippen MR) is 178 cm³/mol. The summed E-state index contributed by atoms with van der Waals surface area (Å²) in [6.45, 7) is 5.04. The lowest BCUT2D eigenvalue weighted by Gasteiger charge is -2.34. The fourth-order valence-electron chi connectivity index (χ4n) is 4.88. The van der Waals surface area contributed by atoms with E-state index in [1.165, 1.54) is 24.1 Å². The average molecular weight is 648 g/mol. The van der Waals surface area contributed by atoms with Crippen LogP contribution in [0.4, 0.5) is 5.69 Å². The van der Waals surface area contributed by atoms with Gasteiger partial charge in [0.25, 0.3) is 10.0 Å². The van der Waals surface area contributed by atoms with Crippen molar-refractivity contribution in [2.45, 2.75) is 50.7 Å². The number of nitrogens with one attached hydrogen (secondary N) is 1. The molecule has 236 valence electrons. The molecule has 0 aromatic heterocycles. The molecule has 0 saturated carbocycles. The Morgan fingerprint density at radius 3 is 2.11 bits per heavy atom. The van der Waals surface area contributed by atoms with E-state index in [4.69, 9.17) is 16.3 Å². The van der Waals surface area contributed by atoms with Crippen LogP contribution in [0.25, 0.3) is 0 Å². The van der Waals surface area contributed by atoms with Gasteiger partial charge >= 0.3 is 0 Å². The molecule has 0 bridgehead atoms. The first-order chi connectivity index (χ1) is 21.5. The standard InChI is InChI=1S/C35H38ClN3O5S/c1-25(2)37-35(41)33(22-27-9-6-5-7-10-27)38(23-28-11-8-12-29(36)21-28)34(40)24-39(30-15-17-31(44-4)18-16-30)45(42,43)32-19-13-26(3)14-20-32/h5-21,25,33H,22-24H2,1-4H3,(H,37,41). The van der Waals surface area contributed by atoms with E-state index < -0.39 is 28.5 Å². The van der Waals surface area contributed by atoms with Gasteiger partial charge in [0.2, 0.25) is 11.8 Å². The molecule has 0 aliphatic carbocycles. The summed E-state index contributed by atoms with van der Waals surface area (Å²) in [5.74, 6) is -0.364. The van der Waals surface area contributed by atoms with Crippen LogP contribution in [0.5, 0.6) is 5.75 Å². The van der Waals surface area contributed by atoms with Crippen LogP contribution in [0.2, 0.25) is 5.02 Å². The summed E-state index contributed by atoms with van der Waals surface area (Å²) in [5.41, 5.74) is 2.72. The molecule has 8 nitrogen and oxygen atoms in total. The molecular formula is C35H38ClN3O5S. The third-order valence-electron chi connectivity index (χ3n) is 7.19. The highest BCUT2D eigenvalue weighted by atomic mass is 35.5. The number of halogens is 1. The highest BCUT2D eigenvalue weighted by Gasteiger charge is 2.35. The Morgan fingerprint density at radius 2 is 1.51 bits per heavy atom. The van der Waals surface area contributed by atoms with E-state index in [0.717, 1.165) is 15.4 Å². The van der Waals surface area contributed by atoms with Crippen LogP contribution in [0.3, 0.4) is 0 Å². The molecule has 0 aliphatic heterocycles. The van der Waals surface area contributed by atoms with Crippen molar-refractivity contribution in [3.8, 4) is 5.75 Å². The number of methoxy groups -OCH3 is 1. The van der Waals surface area contributed by atoms with Gasteiger partial charge in [0.1, 0.15) is 18.3 Å². The topological polar surface area (TPSA) is 96.0 Å². The Kier molecular flexibility index (Phi) is 11.3. The molecule has 10 heteroatoms. The minimum absolute atomic E-state index is 0.0312. The highest BCUT2D eigenvalue weighted by Crippen LogP contribution is 2.27. The summed E-state index contributed by atoms with van der Waals surface area (Å²) < 4.78 is 34.6. The highest BCUT2D eigenvalue weighted by molar-refractivity contribution is 7.92. The zero-order valence-corrected chi connectivity index (χ0v) is 27.4. The number of ether oxygens (including phenoxy) is 1. The second-order valence-corrected chi connectivity index (χ2v) is 13.3. The van der Waals surface area contributed by atoms with Crippen molar-refractivity contribution in [3.05, 3.63) is 125 Å². The number of hydrogen-bond donors (Lipinski definition) is 1. The molecular weight excluding hydrogens is 610 g/mol. The summed E-state index contributed by atoms with van der Waals surface area (Å²) in [4.78, 5) is 29.7. The smallest absolute Gasteiger partial charge is 0.264 e. The normalized spacial score (nSPS) is 12.0. The zero-order chi connectivity index (χ0) is 32.6. The summed E-state index contributed by atoms with van der Waals surface area (Å²) in [7, 11) is -2.68. The second kappa shape index (κ2) is 15.1. The summed E-state index contributed by atoms with van der Waals surface area (Å²) in [6, 6.07) is 28.2. The van der Waals surface area contributed by atoms with E-state index in [1.54, 1.807) is 54.6 Å². The Hall–Kier alpha value is -4.34. The Labute approximate surface area is 270 Å². The van der Waals surface area contributed by atoms with Gasteiger partial charge in [-0.2, -0.15) is 0 Å². The maximum Gasteiger partial charge on any atom is 0.264 e.